The van der Waals surface area contributed by atoms with Gasteiger partial charge in [0, 0.05) is 18.7 Å². The van der Waals surface area contributed by atoms with E-state index in [0.29, 0.717) is 34.0 Å². The lowest BCUT2D eigenvalue weighted by atomic mass is 10.1. The van der Waals surface area contributed by atoms with E-state index in [-0.39, 0.29) is 36.0 Å². The average molecular weight is 501 g/mol. The van der Waals surface area contributed by atoms with Gasteiger partial charge in [-0.2, -0.15) is 5.26 Å². The van der Waals surface area contributed by atoms with E-state index < -0.39 is 11.6 Å². The van der Waals surface area contributed by atoms with Crippen LogP contribution in [0.4, 0.5) is 8.78 Å². The zero-order valence-electron chi connectivity index (χ0n) is 20.0. The highest BCUT2D eigenvalue weighted by atomic mass is 19.1. The largest absolute Gasteiger partial charge is 0.490 e. The van der Waals surface area contributed by atoms with Crippen molar-refractivity contribution >= 4 is 28.0 Å². The third-order valence-corrected chi connectivity index (χ3v) is 6.15. The first-order chi connectivity index (χ1) is 17.9. The van der Waals surface area contributed by atoms with Gasteiger partial charge in [-0.3, -0.25) is 4.79 Å². The summed E-state index contributed by atoms with van der Waals surface area (Å²) in [4.78, 5) is 24.7. The molecule has 2 N–H and O–H groups in total. The van der Waals surface area contributed by atoms with Crippen molar-refractivity contribution in [2.75, 3.05) is 13.2 Å². The maximum absolute atomic E-state index is 14.1. The highest BCUT2D eigenvalue weighted by Crippen LogP contribution is 2.28. The van der Waals surface area contributed by atoms with Gasteiger partial charge in [0.2, 0.25) is 0 Å². The summed E-state index contributed by atoms with van der Waals surface area (Å²) in [5.74, 6) is -0.465. The molecule has 5 rings (SSSR count). The van der Waals surface area contributed by atoms with Crippen LogP contribution in [-0.2, 0) is 7.05 Å². The predicted molar refractivity (Wildman–Crippen MR) is 133 cm³/mol. The Morgan fingerprint density at radius 1 is 1.19 bits per heavy atom. The highest BCUT2D eigenvalue weighted by Gasteiger charge is 2.21. The molecule has 0 aliphatic heterocycles. The molecule has 0 saturated carbocycles. The molecule has 0 radical (unpaired) electrons. The maximum atomic E-state index is 14.1. The smallest absolute Gasteiger partial charge is 0.251 e. The number of aromatic nitrogens is 4. The Morgan fingerprint density at radius 3 is 2.81 bits per heavy atom. The van der Waals surface area contributed by atoms with Crippen LogP contribution in [0.5, 0.6) is 5.75 Å². The van der Waals surface area contributed by atoms with Crippen LogP contribution < -0.4 is 10.1 Å². The Bertz CT molecular complexity index is 1680. The molecule has 37 heavy (non-hydrogen) atoms. The molecule has 8 nitrogen and oxygen atoms in total. The van der Waals surface area contributed by atoms with Crippen LogP contribution in [0.25, 0.3) is 22.1 Å². The second kappa shape index (κ2) is 9.70. The minimum Gasteiger partial charge on any atom is -0.490 e. The summed E-state index contributed by atoms with van der Waals surface area (Å²) in [5.41, 5.74) is 2.65. The quantitative estimate of drug-likeness (QED) is 0.319. The molecule has 186 valence electrons. The fraction of sp³-hybridized carbons (Fsp3) is 0.185. The summed E-state index contributed by atoms with van der Waals surface area (Å²) in [6.45, 7) is 2.33. The zero-order valence-corrected chi connectivity index (χ0v) is 20.0. The number of aryl methyl sites for hydroxylation is 1. The summed E-state index contributed by atoms with van der Waals surface area (Å²) >= 11 is 0. The number of aromatic amines is 1. The molecule has 5 aromatic rings. The van der Waals surface area contributed by atoms with Gasteiger partial charge in [0.05, 0.1) is 34.6 Å². The molecule has 0 bridgehead atoms. The van der Waals surface area contributed by atoms with E-state index in [1.807, 2.05) is 18.5 Å². The Hall–Kier alpha value is -4.78. The van der Waals surface area contributed by atoms with E-state index in [1.165, 1.54) is 6.07 Å². The van der Waals surface area contributed by atoms with Crippen LogP contribution in [0.15, 0.2) is 54.6 Å². The van der Waals surface area contributed by atoms with Gasteiger partial charge >= 0.3 is 0 Å². The van der Waals surface area contributed by atoms with Crippen LogP contribution in [0.2, 0.25) is 0 Å². The lowest BCUT2D eigenvalue weighted by Crippen LogP contribution is -2.28. The van der Waals surface area contributed by atoms with Crippen molar-refractivity contribution < 1.29 is 18.3 Å². The molecule has 1 atom stereocenters. The summed E-state index contributed by atoms with van der Waals surface area (Å²) in [6.07, 6.45) is 0. The first-order valence-corrected chi connectivity index (χ1v) is 11.6. The van der Waals surface area contributed by atoms with Crippen LogP contribution in [0, 0.1) is 23.0 Å². The van der Waals surface area contributed by atoms with E-state index in [2.05, 4.69) is 26.3 Å². The SMILES string of the molecule is CC(c1nc2c(F)cc(F)cc2[nH]1)c1nc2ccc(C(=O)NCCOc3ccccc3C#N)cc2n1C. The minimum absolute atomic E-state index is 0.0704. The Labute approximate surface area is 210 Å². The van der Waals surface area contributed by atoms with Crippen molar-refractivity contribution in [3.63, 3.8) is 0 Å². The topological polar surface area (TPSA) is 109 Å². The molecule has 0 fully saturated rings. The van der Waals surface area contributed by atoms with Gasteiger partial charge in [0.15, 0.2) is 5.82 Å². The molecule has 1 amide bonds. The summed E-state index contributed by atoms with van der Waals surface area (Å²) in [5, 5.41) is 11.9. The molecule has 2 heterocycles. The van der Waals surface area contributed by atoms with Crippen LogP contribution >= 0.6 is 0 Å². The zero-order chi connectivity index (χ0) is 26.1. The third kappa shape index (κ3) is 4.59. The summed E-state index contributed by atoms with van der Waals surface area (Å²) in [6, 6.07) is 16.2. The van der Waals surface area contributed by atoms with Gasteiger partial charge in [0.1, 0.15) is 41.4 Å². The van der Waals surface area contributed by atoms with Crippen molar-refractivity contribution in [3.8, 4) is 11.8 Å². The number of rotatable bonds is 7. The second-order valence-electron chi connectivity index (χ2n) is 8.57. The summed E-state index contributed by atoms with van der Waals surface area (Å²) in [7, 11) is 1.83. The lowest BCUT2D eigenvalue weighted by molar-refractivity contribution is 0.0947. The standard InChI is InChI=1S/C27H22F2N6O2/c1-15(25-32-21-13-18(28)12-19(29)24(21)34-25)26-33-20-8-7-16(11-22(20)35(26)2)27(36)31-9-10-37-23-6-4-3-5-17(23)14-30/h3-8,11-13,15H,9-10H2,1-2H3,(H,31,36)(H,32,34). The first kappa shape index (κ1) is 23.9. The van der Waals surface area contributed by atoms with E-state index in [4.69, 9.17) is 10.00 Å². The highest BCUT2D eigenvalue weighted by molar-refractivity contribution is 5.97. The number of hydrogen-bond acceptors (Lipinski definition) is 5. The number of H-pyrrole nitrogens is 1. The van der Waals surface area contributed by atoms with Crippen LogP contribution in [0.3, 0.4) is 0 Å². The fourth-order valence-electron chi connectivity index (χ4n) is 4.24. The first-order valence-electron chi connectivity index (χ1n) is 11.6. The van der Waals surface area contributed by atoms with E-state index in [0.717, 1.165) is 11.6 Å². The number of carbonyl (C=O) groups is 1. The number of imidazole rings is 2. The molecule has 1 unspecified atom stereocenters. The van der Waals surface area contributed by atoms with E-state index in [1.54, 1.807) is 42.5 Å². The molecule has 0 saturated heterocycles. The minimum atomic E-state index is -0.731. The van der Waals surface area contributed by atoms with Gasteiger partial charge in [-0.1, -0.05) is 12.1 Å². The number of nitrogens with zero attached hydrogens (tertiary/aromatic N) is 4. The fourth-order valence-corrected chi connectivity index (χ4v) is 4.24. The number of carbonyl (C=O) groups excluding carboxylic acids is 1. The Kier molecular flexibility index (Phi) is 6.27. The maximum Gasteiger partial charge on any atom is 0.251 e. The normalized spacial score (nSPS) is 12.0. The second-order valence-corrected chi connectivity index (χ2v) is 8.57. The number of nitriles is 1. The van der Waals surface area contributed by atoms with Crippen molar-refractivity contribution in [2.45, 2.75) is 12.8 Å². The van der Waals surface area contributed by atoms with Gasteiger partial charge in [-0.15, -0.1) is 0 Å². The molecular formula is C27H22F2N6O2. The van der Waals surface area contributed by atoms with Crippen molar-refractivity contribution in [2.24, 2.45) is 7.05 Å². The molecule has 0 spiro atoms. The van der Waals surface area contributed by atoms with E-state index >= 15 is 0 Å². The van der Waals surface area contributed by atoms with Gasteiger partial charge < -0.3 is 19.6 Å². The van der Waals surface area contributed by atoms with Crippen molar-refractivity contribution in [1.82, 2.24) is 24.8 Å². The number of fused-ring (bicyclic) bond motifs is 2. The van der Waals surface area contributed by atoms with Crippen LogP contribution in [0.1, 0.15) is 40.4 Å². The molecule has 0 aliphatic rings. The number of nitrogens with one attached hydrogen (secondary N) is 2. The number of benzene rings is 3. The Balaban J connectivity index is 1.31. The number of hydrogen-bond donors (Lipinski definition) is 2. The Morgan fingerprint density at radius 2 is 2.00 bits per heavy atom. The third-order valence-electron chi connectivity index (χ3n) is 6.15. The number of ether oxygens (including phenoxy) is 1. The molecule has 2 aromatic heterocycles. The summed E-state index contributed by atoms with van der Waals surface area (Å²) < 4.78 is 35.2. The average Bonchev–Trinajstić information content (AvgIpc) is 3.47. The van der Waals surface area contributed by atoms with Crippen molar-refractivity contribution in [1.29, 1.82) is 5.26 Å². The molecule has 0 aliphatic carbocycles. The number of para-hydroxylation sites is 1. The number of halogens is 2. The lowest BCUT2D eigenvalue weighted by Gasteiger charge is -2.10. The monoisotopic (exact) mass is 500 g/mol. The van der Waals surface area contributed by atoms with Gasteiger partial charge in [-0.25, -0.2) is 18.7 Å². The van der Waals surface area contributed by atoms with E-state index in [9.17, 15) is 13.6 Å². The van der Waals surface area contributed by atoms with Gasteiger partial charge in [-0.05, 0) is 43.3 Å². The van der Waals surface area contributed by atoms with Gasteiger partial charge in [0.25, 0.3) is 5.91 Å². The molecule has 10 heteroatoms. The van der Waals surface area contributed by atoms with Crippen LogP contribution in [-0.4, -0.2) is 38.6 Å². The number of amides is 1. The van der Waals surface area contributed by atoms with Crippen molar-refractivity contribution in [3.05, 3.63) is 89.0 Å². The predicted octanol–water partition coefficient (Wildman–Crippen LogP) is 4.56. The molecular weight excluding hydrogens is 478 g/mol. The molecule has 3 aromatic carbocycles.